The highest BCUT2D eigenvalue weighted by atomic mass is 35.7. The summed E-state index contributed by atoms with van der Waals surface area (Å²) in [5.74, 6) is 0.115. The molecule has 0 unspecified atom stereocenters. The van der Waals surface area contributed by atoms with Crippen LogP contribution in [-0.4, -0.2) is 13.7 Å². The van der Waals surface area contributed by atoms with Crippen LogP contribution in [0.5, 0.6) is 0 Å². The zero-order valence-electron chi connectivity index (χ0n) is 6.85. The predicted octanol–water partition coefficient (Wildman–Crippen LogP) is 2.11. The third-order valence-electron chi connectivity index (χ3n) is 2.32. The van der Waals surface area contributed by atoms with Crippen molar-refractivity contribution < 1.29 is 8.42 Å². The third-order valence-corrected chi connectivity index (χ3v) is 4.25. The molecule has 1 aliphatic carbocycles. The highest BCUT2D eigenvalue weighted by Gasteiger charge is 2.47. The molecule has 0 N–H and O–H groups in total. The fourth-order valence-electron chi connectivity index (χ4n) is 1.53. The van der Waals surface area contributed by atoms with Gasteiger partial charge in [0.05, 0.1) is 5.25 Å². The van der Waals surface area contributed by atoms with E-state index < -0.39 is 9.05 Å². The standard InChI is InChI=1S/C9H9ClO2S/c10-13(11,12)9-6-8(9)7-4-2-1-3-5-7/h1-5,8-9H,6H2/t8-,9-/m1/s1. The molecule has 0 spiro atoms. The van der Waals surface area contributed by atoms with Crippen LogP contribution in [-0.2, 0) is 9.05 Å². The maximum absolute atomic E-state index is 10.9. The first kappa shape index (κ1) is 9.03. The van der Waals surface area contributed by atoms with E-state index in [0.29, 0.717) is 6.42 Å². The molecule has 4 heteroatoms. The number of halogens is 1. The van der Waals surface area contributed by atoms with Gasteiger partial charge in [0.1, 0.15) is 0 Å². The Hall–Kier alpha value is -0.540. The topological polar surface area (TPSA) is 34.1 Å². The molecule has 1 aliphatic rings. The molecule has 13 heavy (non-hydrogen) atoms. The van der Waals surface area contributed by atoms with Crippen LogP contribution in [0, 0.1) is 0 Å². The maximum atomic E-state index is 10.9. The Kier molecular flexibility index (Phi) is 2.08. The van der Waals surface area contributed by atoms with E-state index in [1.807, 2.05) is 30.3 Å². The highest BCUT2D eigenvalue weighted by molar-refractivity contribution is 8.14. The van der Waals surface area contributed by atoms with Crippen LogP contribution in [0.1, 0.15) is 17.9 Å². The molecule has 2 atom stereocenters. The molecule has 0 heterocycles. The lowest BCUT2D eigenvalue weighted by atomic mass is 10.1. The Labute approximate surface area is 82.0 Å². The predicted molar refractivity (Wildman–Crippen MR) is 52.4 cm³/mol. The fourth-order valence-corrected chi connectivity index (χ4v) is 3.11. The molecule has 1 aromatic rings. The normalized spacial score (nSPS) is 27.2. The molecule has 1 fully saturated rings. The summed E-state index contributed by atoms with van der Waals surface area (Å²) in [6.45, 7) is 0. The van der Waals surface area contributed by atoms with Crippen molar-refractivity contribution in [3.05, 3.63) is 35.9 Å². The summed E-state index contributed by atoms with van der Waals surface area (Å²) in [6, 6.07) is 9.60. The Morgan fingerprint density at radius 1 is 1.23 bits per heavy atom. The molecular weight excluding hydrogens is 208 g/mol. The van der Waals surface area contributed by atoms with Crippen molar-refractivity contribution in [3.8, 4) is 0 Å². The lowest BCUT2D eigenvalue weighted by molar-refractivity contribution is 0.607. The van der Waals surface area contributed by atoms with Crippen LogP contribution < -0.4 is 0 Å². The number of benzene rings is 1. The fraction of sp³-hybridized carbons (Fsp3) is 0.333. The number of rotatable bonds is 2. The summed E-state index contributed by atoms with van der Waals surface area (Å²) in [4.78, 5) is 0. The van der Waals surface area contributed by atoms with Gasteiger partial charge in [0.25, 0.3) is 0 Å². The van der Waals surface area contributed by atoms with E-state index in [4.69, 9.17) is 10.7 Å². The van der Waals surface area contributed by atoms with Crippen LogP contribution in [0.15, 0.2) is 30.3 Å². The summed E-state index contributed by atoms with van der Waals surface area (Å²) in [6.07, 6.45) is 0.663. The minimum atomic E-state index is -3.35. The second-order valence-corrected chi connectivity index (χ2v) is 6.11. The molecule has 0 amide bonds. The van der Waals surface area contributed by atoms with Gasteiger partial charge in [-0.1, -0.05) is 30.3 Å². The Morgan fingerprint density at radius 3 is 2.31 bits per heavy atom. The third kappa shape index (κ3) is 1.86. The maximum Gasteiger partial charge on any atom is 0.236 e. The van der Waals surface area contributed by atoms with Crippen molar-refractivity contribution in [2.24, 2.45) is 0 Å². The van der Waals surface area contributed by atoms with Crippen molar-refractivity contribution in [2.45, 2.75) is 17.6 Å². The summed E-state index contributed by atoms with van der Waals surface area (Å²) in [5, 5.41) is -0.364. The largest absolute Gasteiger partial charge is 0.236 e. The van der Waals surface area contributed by atoms with Gasteiger partial charge in [0.2, 0.25) is 9.05 Å². The van der Waals surface area contributed by atoms with E-state index in [1.54, 1.807) is 0 Å². The van der Waals surface area contributed by atoms with Crippen LogP contribution in [0.4, 0.5) is 0 Å². The zero-order valence-corrected chi connectivity index (χ0v) is 8.42. The summed E-state index contributed by atoms with van der Waals surface area (Å²) >= 11 is 0. The van der Waals surface area contributed by atoms with Crippen molar-refractivity contribution >= 4 is 19.7 Å². The molecule has 0 aromatic heterocycles. The number of hydrogen-bond acceptors (Lipinski definition) is 2. The average molecular weight is 217 g/mol. The molecule has 70 valence electrons. The minimum absolute atomic E-state index is 0.115. The van der Waals surface area contributed by atoms with Crippen molar-refractivity contribution in [3.63, 3.8) is 0 Å². The summed E-state index contributed by atoms with van der Waals surface area (Å²) in [5.41, 5.74) is 1.07. The lowest BCUT2D eigenvalue weighted by Crippen LogP contribution is -1.98. The molecule has 0 saturated heterocycles. The Balaban J connectivity index is 2.18. The average Bonchev–Trinajstić information content (AvgIpc) is 2.83. The van der Waals surface area contributed by atoms with Gasteiger partial charge in [-0.3, -0.25) is 0 Å². The Morgan fingerprint density at radius 2 is 1.85 bits per heavy atom. The van der Waals surface area contributed by atoms with Gasteiger partial charge in [-0.2, -0.15) is 0 Å². The van der Waals surface area contributed by atoms with Gasteiger partial charge < -0.3 is 0 Å². The van der Waals surface area contributed by atoms with Crippen LogP contribution in [0.3, 0.4) is 0 Å². The van der Waals surface area contributed by atoms with Gasteiger partial charge in [-0.25, -0.2) is 8.42 Å². The van der Waals surface area contributed by atoms with E-state index in [0.717, 1.165) is 5.56 Å². The summed E-state index contributed by atoms with van der Waals surface area (Å²) < 4.78 is 21.9. The van der Waals surface area contributed by atoms with Gasteiger partial charge in [-0.05, 0) is 12.0 Å². The van der Waals surface area contributed by atoms with Gasteiger partial charge >= 0.3 is 0 Å². The first-order valence-electron chi connectivity index (χ1n) is 4.07. The lowest BCUT2D eigenvalue weighted by Gasteiger charge is -1.96. The van der Waals surface area contributed by atoms with Crippen molar-refractivity contribution in [2.75, 3.05) is 0 Å². The molecule has 2 nitrogen and oxygen atoms in total. The quantitative estimate of drug-likeness (QED) is 0.710. The van der Waals surface area contributed by atoms with E-state index in [2.05, 4.69) is 0 Å². The molecule has 0 aliphatic heterocycles. The molecular formula is C9H9ClO2S. The van der Waals surface area contributed by atoms with Gasteiger partial charge in [0.15, 0.2) is 0 Å². The van der Waals surface area contributed by atoms with Crippen molar-refractivity contribution in [1.29, 1.82) is 0 Å². The smallest absolute Gasteiger partial charge is 0.212 e. The van der Waals surface area contributed by atoms with Crippen LogP contribution in [0.25, 0.3) is 0 Å². The first-order valence-corrected chi connectivity index (χ1v) is 6.45. The summed E-state index contributed by atoms with van der Waals surface area (Å²) in [7, 11) is 1.89. The molecule has 1 saturated carbocycles. The molecule has 0 bridgehead atoms. The van der Waals surface area contributed by atoms with Gasteiger partial charge in [0, 0.05) is 16.6 Å². The Bertz CT molecular complexity index is 399. The van der Waals surface area contributed by atoms with E-state index in [9.17, 15) is 8.42 Å². The monoisotopic (exact) mass is 216 g/mol. The second-order valence-electron chi connectivity index (χ2n) is 3.27. The van der Waals surface area contributed by atoms with Gasteiger partial charge in [-0.15, -0.1) is 0 Å². The minimum Gasteiger partial charge on any atom is -0.212 e. The van der Waals surface area contributed by atoms with E-state index in [1.165, 1.54) is 0 Å². The van der Waals surface area contributed by atoms with Crippen LogP contribution in [0.2, 0.25) is 0 Å². The SMILES string of the molecule is O=S(=O)(Cl)[C@@H]1C[C@@H]1c1ccccc1. The van der Waals surface area contributed by atoms with E-state index in [-0.39, 0.29) is 11.2 Å². The molecule has 2 rings (SSSR count). The zero-order chi connectivity index (χ0) is 9.47. The van der Waals surface area contributed by atoms with E-state index >= 15 is 0 Å². The second kappa shape index (κ2) is 3.00. The highest BCUT2D eigenvalue weighted by Crippen LogP contribution is 2.46. The first-order chi connectivity index (χ1) is 6.09. The number of hydrogen-bond donors (Lipinski definition) is 0. The molecule has 0 radical (unpaired) electrons. The van der Waals surface area contributed by atoms with Crippen LogP contribution >= 0.6 is 10.7 Å². The van der Waals surface area contributed by atoms with Crippen molar-refractivity contribution in [1.82, 2.24) is 0 Å². The molecule has 1 aromatic carbocycles.